The fourth-order valence-electron chi connectivity index (χ4n) is 4.05. The molecule has 0 saturated carbocycles. The van der Waals surface area contributed by atoms with Crippen LogP contribution in [0.2, 0.25) is 0 Å². The summed E-state index contributed by atoms with van der Waals surface area (Å²) in [4.78, 5) is 14.6. The smallest absolute Gasteiger partial charge is 0.302 e. The summed E-state index contributed by atoms with van der Waals surface area (Å²) in [6, 6.07) is 21.0. The fourth-order valence-corrected chi connectivity index (χ4v) is 4.05. The van der Waals surface area contributed by atoms with Crippen LogP contribution in [0, 0.1) is 0 Å². The van der Waals surface area contributed by atoms with E-state index in [1.807, 2.05) is 66.7 Å². The van der Waals surface area contributed by atoms with Crippen LogP contribution in [-0.2, 0) is 16.2 Å². The summed E-state index contributed by atoms with van der Waals surface area (Å²) in [5.41, 5.74) is 1.10. The lowest BCUT2D eigenvalue weighted by atomic mass is 10.1. The molecule has 2 heterocycles. The van der Waals surface area contributed by atoms with Gasteiger partial charge in [-0.15, -0.1) is 10.2 Å². The second-order valence-corrected chi connectivity index (χ2v) is 7.85. The van der Waals surface area contributed by atoms with Crippen molar-refractivity contribution in [2.24, 2.45) is 10.2 Å². The Morgan fingerprint density at radius 3 is 2.55 bits per heavy atom. The van der Waals surface area contributed by atoms with Gasteiger partial charge < -0.3 is 14.6 Å². The molecule has 3 aromatic carbocycles. The molecule has 8 nitrogen and oxygen atoms in total. The van der Waals surface area contributed by atoms with E-state index in [4.69, 9.17) is 9.47 Å². The molecule has 0 radical (unpaired) electrons. The Kier molecular flexibility index (Phi) is 6.01. The molecule has 5 rings (SSSR count). The molecule has 168 valence electrons. The van der Waals surface area contributed by atoms with Crippen molar-refractivity contribution in [3.05, 3.63) is 66.7 Å². The van der Waals surface area contributed by atoms with Gasteiger partial charge in [0.2, 0.25) is 5.88 Å². The van der Waals surface area contributed by atoms with Crippen molar-refractivity contribution in [1.29, 1.82) is 0 Å². The monoisotopic (exact) mass is 444 g/mol. The molecule has 1 aromatic heterocycles. The van der Waals surface area contributed by atoms with Crippen molar-refractivity contribution in [3.8, 4) is 11.6 Å². The van der Waals surface area contributed by atoms with Gasteiger partial charge in [0.05, 0.1) is 25.4 Å². The molecule has 1 aliphatic heterocycles. The predicted molar refractivity (Wildman–Crippen MR) is 125 cm³/mol. The van der Waals surface area contributed by atoms with Gasteiger partial charge in [0, 0.05) is 23.9 Å². The zero-order chi connectivity index (χ0) is 22.6. The van der Waals surface area contributed by atoms with Gasteiger partial charge in [-0.2, -0.15) is 0 Å². The van der Waals surface area contributed by atoms with E-state index in [-0.39, 0.29) is 18.2 Å². The lowest BCUT2D eigenvalue weighted by Crippen LogP contribution is -2.37. The second kappa shape index (κ2) is 9.40. The average molecular weight is 444 g/mol. The number of azo groups is 1. The highest BCUT2D eigenvalue weighted by Crippen LogP contribution is 2.39. The Balaban J connectivity index is 1.34. The molecule has 0 bridgehead atoms. The Hall–Kier alpha value is -3.75. The number of nitrogens with zero attached hydrogens (tertiary/aromatic N) is 4. The van der Waals surface area contributed by atoms with Gasteiger partial charge in [-0.05, 0) is 17.5 Å². The van der Waals surface area contributed by atoms with Crippen LogP contribution in [0.15, 0.2) is 77.0 Å². The third-order valence-corrected chi connectivity index (χ3v) is 5.72. The molecule has 0 unspecified atom stereocenters. The van der Waals surface area contributed by atoms with Crippen LogP contribution in [-0.4, -0.2) is 53.4 Å². The molecule has 0 aliphatic carbocycles. The Morgan fingerprint density at radius 2 is 1.70 bits per heavy atom. The number of amides is 1. The summed E-state index contributed by atoms with van der Waals surface area (Å²) < 4.78 is 12.9. The van der Waals surface area contributed by atoms with Crippen molar-refractivity contribution in [3.63, 3.8) is 0 Å². The minimum absolute atomic E-state index is 0.0192. The maximum Gasteiger partial charge on any atom is 0.302 e. The van der Waals surface area contributed by atoms with E-state index in [0.29, 0.717) is 25.6 Å². The van der Waals surface area contributed by atoms with Crippen molar-refractivity contribution in [1.82, 2.24) is 9.47 Å². The van der Waals surface area contributed by atoms with Gasteiger partial charge in [-0.3, -0.25) is 14.3 Å². The van der Waals surface area contributed by atoms with E-state index in [1.54, 1.807) is 4.57 Å². The maximum atomic E-state index is 12.4. The lowest BCUT2D eigenvalue weighted by molar-refractivity contribution is -0.120. The number of rotatable bonds is 6. The van der Waals surface area contributed by atoms with Gasteiger partial charge in [0.25, 0.3) is 0 Å². The topological polar surface area (TPSA) is 88.7 Å². The first kappa shape index (κ1) is 21.1. The molecule has 0 atom stereocenters. The number of fused-ring (bicyclic) bond motifs is 2. The first-order valence-corrected chi connectivity index (χ1v) is 10.9. The summed E-state index contributed by atoms with van der Waals surface area (Å²) in [6.45, 7) is 3.16. The van der Waals surface area contributed by atoms with Crippen molar-refractivity contribution in [2.45, 2.75) is 6.67 Å². The van der Waals surface area contributed by atoms with Gasteiger partial charge >= 0.3 is 5.91 Å². The standard InChI is InChI=1S/C25H24N4O4/c30-23(16-33-22-11-5-7-18-6-1-2-8-19(18)22)26-27-24-20-9-3-4-10-21(20)29(25(24)31)17-28-12-14-32-15-13-28/h1-11,31H,12-17H2. The van der Waals surface area contributed by atoms with Crippen LogP contribution in [0.5, 0.6) is 11.6 Å². The molecule has 1 amide bonds. The number of aromatic hydroxyl groups is 1. The van der Waals surface area contributed by atoms with E-state index in [2.05, 4.69) is 15.1 Å². The number of para-hydroxylation sites is 1. The second-order valence-electron chi connectivity index (χ2n) is 7.85. The maximum absolute atomic E-state index is 12.4. The summed E-state index contributed by atoms with van der Waals surface area (Å²) >= 11 is 0. The van der Waals surface area contributed by atoms with Crippen molar-refractivity contribution in [2.75, 3.05) is 32.9 Å². The van der Waals surface area contributed by atoms with Gasteiger partial charge in [0.1, 0.15) is 5.75 Å². The normalized spacial score (nSPS) is 14.9. The summed E-state index contributed by atoms with van der Waals surface area (Å²) in [5.74, 6) is 0.0585. The average Bonchev–Trinajstić information content (AvgIpc) is 3.12. The molecule has 33 heavy (non-hydrogen) atoms. The number of hydrogen-bond donors (Lipinski definition) is 1. The summed E-state index contributed by atoms with van der Waals surface area (Å²) in [6.07, 6.45) is 0. The number of benzene rings is 3. The first-order valence-electron chi connectivity index (χ1n) is 10.9. The third-order valence-electron chi connectivity index (χ3n) is 5.72. The molecular weight excluding hydrogens is 420 g/mol. The minimum atomic E-state index is -0.535. The van der Waals surface area contributed by atoms with Crippen LogP contribution in [0.25, 0.3) is 21.7 Å². The minimum Gasteiger partial charge on any atom is -0.493 e. The van der Waals surface area contributed by atoms with Crippen LogP contribution in [0.3, 0.4) is 0 Å². The van der Waals surface area contributed by atoms with Crippen molar-refractivity contribution >= 4 is 33.3 Å². The van der Waals surface area contributed by atoms with E-state index in [1.165, 1.54) is 0 Å². The molecular formula is C25H24N4O4. The molecule has 1 fully saturated rings. The number of carbonyl (C=O) groups excluding carboxylic acids is 1. The highest BCUT2D eigenvalue weighted by Gasteiger charge is 2.20. The van der Waals surface area contributed by atoms with Crippen LogP contribution in [0.4, 0.5) is 5.69 Å². The van der Waals surface area contributed by atoms with E-state index >= 15 is 0 Å². The van der Waals surface area contributed by atoms with E-state index in [9.17, 15) is 9.90 Å². The van der Waals surface area contributed by atoms with Crippen LogP contribution >= 0.6 is 0 Å². The van der Waals surface area contributed by atoms with Crippen LogP contribution < -0.4 is 4.74 Å². The number of morpholine rings is 1. The quantitative estimate of drug-likeness (QED) is 0.443. The van der Waals surface area contributed by atoms with Crippen molar-refractivity contribution < 1.29 is 19.4 Å². The van der Waals surface area contributed by atoms with E-state index in [0.717, 1.165) is 34.8 Å². The van der Waals surface area contributed by atoms with Gasteiger partial charge in [0.15, 0.2) is 12.3 Å². The molecule has 0 spiro atoms. The van der Waals surface area contributed by atoms with E-state index < -0.39 is 5.91 Å². The zero-order valence-corrected chi connectivity index (χ0v) is 18.1. The Labute approximate surface area is 190 Å². The zero-order valence-electron chi connectivity index (χ0n) is 18.1. The molecule has 1 N–H and O–H groups in total. The highest BCUT2D eigenvalue weighted by molar-refractivity contribution is 5.95. The Morgan fingerprint density at radius 1 is 0.970 bits per heavy atom. The molecule has 4 aromatic rings. The summed E-state index contributed by atoms with van der Waals surface area (Å²) in [7, 11) is 0. The summed E-state index contributed by atoms with van der Waals surface area (Å²) in [5, 5.41) is 21.5. The van der Waals surface area contributed by atoms with Crippen LogP contribution in [0.1, 0.15) is 0 Å². The molecule has 8 heteroatoms. The largest absolute Gasteiger partial charge is 0.493 e. The number of hydrogen-bond acceptors (Lipinski definition) is 6. The number of carbonyl (C=O) groups is 1. The molecule has 1 aliphatic rings. The first-order chi connectivity index (χ1) is 16.2. The number of aromatic nitrogens is 1. The Bertz CT molecular complexity index is 1320. The third kappa shape index (κ3) is 4.44. The predicted octanol–water partition coefficient (Wildman–Crippen LogP) is 4.48. The van der Waals surface area contributed by atoms with Gasteiger partial charge in [-0.1, -0.05) is 54.6 Å². The molecule has 1 saturated heterocycles. The lowest BCUT2D eigenvalue weighted by Gasteiger charge is -2.27. The van der Waals surface area contributed by atoms with Gasteiger partial charge in [-0.25, -0.2) is 0 Å². The number of ether oxygens (including phenoxy) is 2. The fraction of sp³-hybridized carbons (Fsp3) is 0.240. The SMILES string of the molecule is O=C(COc1cccc2ccccc12)N=Nc1c(O)n(CN2CCOCC2)c2ccccc12. The highest BCUT2D eigenvalue weighted by atomic mass is 16.5.